The van der Waals surface area contributed by atoms with E-state index in [1.807, 2.05) is 25.1 Å². The van der Waals surface area contributed by atoms with Crippen molar-refractivity contribution in [1.82, 2.24) is 20.4 Å². The van der Waals surface area contributed by atoms with Gasteiger partial charge in [-0.1, -0.05) is 6.42 Å². The minimum Gasteiger partial charge on any atom is -0.382 e. The van der Waals surface area contributed by atoms with Gasteiger partial charge in [-0.2, -0.15) is 15.3 Å². The summed E-state index contributed by atoms with van der Waals surface area (Å²) in [6.07, 6.45) is 4.60. The summed E-state index contributed by atoms with van der Waals surface area (Å²) in [6, 6.07) is 7.97. The standard InChI is InChI=1S/C15H19N5/c1-10-5-6-13(18-17-10)11-3-2-4-12(9-11)14-7-8-15(16)20-19-14/h5-8,11-12H,2-4,9H2,1H3,(H2,16,20). The number of anilines is 1. The van der Waals surface area contributed by atoms with E-state index in [-0.39, 0.29) is 0 Å². The summed E-state index contributed by atoms with van der Waals surface area (Å²) < 4.78 is 0. The number of aryl methyl sites for hydroxylation is 1. The molecule has 5 heteroatoms. The Morgan fingerprint density at radius 1 is 0.900 bits per heavy atom. The fourth-order valence-corrected chi connectivity index (χ4v) is 2.92. The lowest BCUT2D eigenvalue weighted by Crippen LogP contribution is -2.16. The average Bonchev–Trinajstić information content (AvgIpc) is 2.49. The van der Waals surface area contributed by atoms with Crippen molar-refractivity contribution in [3.05, 3.63) is 41.3 Å². The molecule has 1 saturated carbocycles. The lowest BCUT2D eigenvalue weighted by Gasteiger charge is -2.27. The van der Waals surface area contributed by atoms with Crippen LogP contribution in [0.2, 0.25) is 0 Å². The molecule has 2 aromatic heterocycles. The van der Waals surface area contributed by atoms with Crippen LogP contribution in [0.25, 0.3) is 0 Å². The van der Waals surface area contributed by atoms with Gasteiger partial charge in [-0.05, 0) is 50.5 Å². The van der Waals surface area contributed by atoms with Crippen LogP contribution >= 0.6 is 0 Å². The van der Waals surface area contributed by atoms with E-state index in [0.717, 1.165) is 29.9 Å². The minimum atomic E-state index is 0.449. The zero-order valence-corrected chi connectivity index (χ0v) is 11.7. The van der Waals surface area contributed by atoms with E-state index in [4.69, 9.17) is 5.73 Å². The fraction of sp³-hybridized carbons (Fsp3) is 0.467. The molecule has 2 atom stereocenters. The van der Waals surface area contributed by atoms with Crippen LogP contribution in [0.15, 0.2) is 24.3 Å². The molecule has 2 heterocycles. The maximum Gasteiger partial charge on any atom is 0.146 e. The smallest absolute Gasteiger partial charge is 0.146 e. The molecular formula is C15H19N5. The number of aromatic nitrogens is 4. The maximum absolute atomic E-state index is 5.60. The van der Waals surface area contributed by atoms with Crippen molar-refractivity contribution in [2.24, 2.45) is 0 Å². The average molecular weight is 269 g/mol. The first-order chi connectivity index (χ1) is 9.72. The van der Waals surface area contributed by atoms with Crippen LogP contribution in [0.4, 0.5) is 5.82 Å². The van der Waals surface area contributed by atoms with Crippen LogP contribution in [0.3, 0.4) is 0 Å². The largest absolute Gasteiger partial charge is 0.382 e. The number of hydrogen-bond acceptors (Lipinski definition) is 5. The topological polar surface area (TPSA) is 77.6 Å². The molecule has 2 aromatic rings. The molecule has 0 spiro atoms. The first kappa shape index (κ1) is 13.0. The zero-order chi connectivity index (χ0) is 13.9. The van der Waals surface area contributed by atoms with Crippen LogP contribution in [-0.2, 0) is 0 Å². The highest BCUT2D eigenvalue weighted by atomic mass is 15.1. The second-order valence-electron chi connectivity index (χ2n) is 5.54. The monoisotopic (exact) mass is 269 g/mol. The van der Waals surface area contributed by atoms with Gasteiger partial charge in [-0.15, -0.1) is 5.10 Å². The highest BCUT2D eigenvalue weighted by Crippen LogP contribution is 2.39. The number of nitrogens with two attached hydrogens (primary N) is 1. The molecule has 20 heavy (non-hydrogen) atoms. The SMILES string of the molecule is Cc1ccc(C2CCCC(c3ccc(N)nn3)C2)nn1. The maximum atomic E-state index is 5.60. The van der Waals surface area contributed by atoms with Gasteiger partial charge in [0.15, 0.2) is 0 Å². The Morgan fingerprint density at radius 3 is 2.10 bits per heavy atom. The zero-order valence-electron chi connectivity index (χ0n) is 11.7. The molecule has 2 unspecified atom stereocenters. The van der Waals surface area contributed by atoms with Crippen molar-refractivity contribution >= 4 is 5.82 Å². The predicted molar refractivity (Wildman–Crippen MR) is 77.2 cm³/mol. The Balaban J connectivity index is 1.76. The van der Waals surface area contributed by atoms with Crippen molar-refractivity contribution in [2.75, 3.05) is 5.73 Å². The molecule has 0 saturated heterocycles. The number of rotatable bonds is 2. The predicted octanol–water partition coefficient (Wildman–Crippen LogP) is 2.60. The molecule has 3 rings (SSSR count). The Morgan fingerprint density at radius 2 is 1.55 bits per heavy atom. The van der Waals surface area contributed by atoms with Crippen LogP contribution < -0.4 is 5.73 Å². The summed E-state index contributed by atoms with van der Waals surface area (Å²) in [7, 11) is 0. The number of hydrogen-bond donors (Lipinski definition) is 1. The third-order valence-corrected chi connectivity index (χ3v) is 4.04. The van der Waals surface area contributed by atoms with E-state index >= 15 is 0 Å². The highest BCUT2D eigenvalue weighted by Gasteiger charge is 2.26. The van der Waals surface area contributed by atoms with E-state index in [1.54, 1.807) is 0 Å². The Hall–Kier alpha value is -2.04. The van der Waals surface area contributed by atoms with E-state index < -0.39 is 0 Å². The van der Waals surface area contributed by atoms with Gasteiger partial charge >= 0.3 is 0 Å². The molecule has 5 nitrogen and oxygen atoms in total. The minimum absolute atomic E-state index is 0.449. The Bertz CT molecular complexity index is 512. The van der Waals surface area contributed by atoms with Crippen LogP contribution in [0, 0.1) is 6.92 Å². The van der Waals surface area contributed by atoms with Gasteiger partial charge in [-0.3, -0.25) is 0 Å². The molecule has 0 aromatic carbocycles. The van der Waals surface area contributed by atoms with E-state index in [1.165, 1.54) is 12.8 Å². The van der Waals surface area contributed by atoms with Crippen LogP contribution in [-0.4, -0.2) is 20.4 Å². The molecule has 0 aliphatic heterocycles. The molecule has 0 bridgehead atoms. The third kappa shape index (κ3) is 2.76. The van der Waals surface area contributed by atoms with Crippen molar-refractivity contribution in [3.8, 4) is 0 Å². The quantitative estimate of drug-likeness (QED) is 0.906. The molecular weight excluding hydrogens is 250 g/mol. The normalized spacial score (nSPS) is 22.6. The van der Waals surface area contributed by atoms with Gasteiger partial charge in [0.05, 0.1) is 17.1 Å². The summed E-state index contributed by atoms with van der Waals surface area (Å²) in [5.74, 6) is 1.40. The van der Waals surface area contributed by atoms with Crippen molar-refractivity contribution in [2.45, 2.75) is 44.4 Å². The first-order valence-corrected chi connectivity index (χ1v) is 7.11. The third-order valence-electron chi connectivity index (χ3n) is 4.04. The Kier molecular flexibility index (Phi) is 3.58. The van der Waals surface area contributed by atoms with Crippen LogP contribution in [0.1, 0.15) is 54.6 Å². The van der Waals surface area contributed by atoms with Crippen molar-refractivity contribution in [1.29, 1.82) is 0 Å². The summed E-state index contributed by atoms with van der Waals surface area (Å²) >= 11 is 0. The van der Waals surface area contributed by atoms with Crippen molar-refractivity contribution in [3.63, 3.8) is 0 Å². The lowest BCUT2D eigenvalue weighted by atomic mass is 9.78. The lowest BCUT2D eigenvalue weighted by molar-refractivity contribution is 0.380. The summed E-state index contributed by atoms with van der Waals surface area (Å²) in [6.45, 7) is 1.96. The summed E-state index contributed by atoms with van der Waals surface area (Å²) in [5, 5.41) is 16.7. The van der Waals surface area contributed by atoms with Gasteiger partial charge < -0.3 is 5.73 Å². The second-order valence-corrected chi connectivity index (χ2v) is 5.54. The highest BCUT2D eigenvalue weighted by molar-refractivity contribution is 5.27. The van der Waals surface area contributed by atoms with Crippen molar-refractivity contribution < 1.29 is 0 Å². The van der Waals surface area contributed by atoms with Gasteiger partial charge in [0.1, 0.15) is 5.82 Å². The number of nitrogen functional groups attached to an aromatic ring is 1. The molecule has 0 radical (unpaired) electrons. The first-order valence-electron chi connectivity index (χ1n) is 7.11. The second kappa shape index (κ2) is 5.53. The van der Waals surface area contributed by atoms with Gasteiger partial charge in [0, 0.05) is 11.8 Å². The van der Waals surface area contributed by atoms with Gasteiger partial charge in [0.25, 0.3) is 0 Å². The van der Waals surface area contributed by atoms with E-state index in [9.17, 15) is 0 Å². The van der Waals surface area contributed by atoms with E-state index in [0.29, 0.717) is 17.7 Å². The molecule has 1 aliphatic rings. The Labute approximate surface area is 118 Å². The molecule has 0 amide bonds. The molecule has 1 aliphatic carbocycles. The van der Waals surface area contributed by atoms with Gasteiger partial charge in [-0.25, -0.2) is 0 Å². The number of nitrogens with zero attached hydrogens (tertiary/aromatic N) is 4. The summed E-state index contributed by atoms with van der Waals surface area (Å²) in [5.41, 5.74) is 8.71. The molecule has 104 valence electrons. The van der Waals surface area contributed by atoms with Gasteiger partial charge in [0.2, 0.25) is 0 Å². The van der Waals surface area contributed by atoms with Crippen LogP contribution in [0.5, 0.6) is 0 Å². The molecule has 1 fully saturated rings. The fourth-order valence-electron chi connectivity index (χ4n) is 2.92. The summed E-state index contributed by atoms with van der Waals surface area (Å²) in [4.78, 5) is 0. The van der Waals surface area contributed by atoms with E-state index in [2.05, 4.69) is 26.5 Å². The molecule has 2 N–H and O–H groups in total.